The summed E-state index contributed by atoms with van der Waals surface area (Å²) in [5.41, 5.74) is 0. The number of methoxy groups -OCH3 is 1. The Bertz CT molecular complexity index is 462. The molecule has 0 aliphatic carbocycles. The molecular formula is C10H17N3O3S. The molecule has 17 heavy (non-hydrogen) atoms. The van der Waals surface area contributed by atoms with Gasteiger partial charge in [-0.15, -0.1) is 0 Å². The summed E-state index contributed by atoms with van der Waals surface area (Å²) < 4.78 is 31.2. The number of hydrogen-bond donors (Lipinski definition) is 2. The number of anilines is 1. The molecule has 1 unspecified atom stereocenters. The summed E-state index contributed by atoms with van der Waals surface area (Å²) in [6, 6.07) is 2.92. The topological polar surface area (TPSA) is 80.3 Å². The Hall–Kier alpha value is -1.18. The van der Waals surface area contributed by atoms with Crippen LogP contribution in [0.1, 0.15) is 6.92 Å². The van der Waals surface area contributed by atoms with E-state index in [1.54, 1.807) is 14.0 Å². The SMILES string of the molecule is CNc1cc(S(=O)(=O)NCC(C)OC)ccn1. The monoisotopic (exact) mass is 259 g/mol. The van der Waals surface area contributed by atoms with Crippen molar-refractivity contribution >= 4 is 15.8 Å². The van der Waals surface area contributed by atoms with Crippen LogP contribution >= 0.6 is 0 Å². The summed E-state index contributed by atoms with van der Waals surface area (Å²) in [6.07, 6.45) is 1.27. The minimum Gasteiger partial charge on any atom is -0.380 e. The average Bonchev–Trinajstić information content (AvgIpc) is 2.36. The van der Waals surface area contributed by atoms with Gasteiger partial charge in [0.1, 0.15) is 5.82 Å². The molecule has 96 valence electrons. The summed E-state index contributed by atoms with van der Waals surface area (Å²) in [5.74, 6) is 0.507. The second-order valence-electron chi connectivity index (χ2n) is 3.53. The molecule has 1 atom stereocenters. The maximum absolute atomic E-state index is 11.9. The van der Waals surface area contributed by atoms with Gasteiger partial charge in [-0.25, -0.2) is 18.1 Å². The van der Waals surface area contributed by atoms with Gasteiger partial charge in [-0.3, -0.25) is 0 Å². The predicted octanol–water partition coefficient (Wildman–Crippen LogP) is 0.436. The fourth-order valence-corrected chi connectivity index (χ4v) is 2.24. The van der Waals surface area contributed by atoms with Crippen LogP contribution in [0.2, 0.25) is 0 Å². The summed E-state index contributed by atoms with van der Waals surface area (Å²) in [6.45, 7) is 2.02. The quantitative estimate of drug-likeness (QED) is 0.774. The van der Waals surface area contributed by atoms with E-state index < -0.39 is 10.0 Å². The summed E-state index contributed by atoms with van der Waals surface area (Å²) in [5, 5.41) is 2.79. The van der Waals surface area contributed by atoms with Crippen LogP contribution in [0, 0.1) is 0 Å². The van der Waals surface area contributed by atoms with Crippen molar-refractivity contribution in [3.63, 3.8) is 0 Å². The lowest BCUT2D eigenvalue weighted by Gasteiger charge is -2.11. The molecule has 1 heterocycles. The van der Waals surface area contributed by atoms with Crippen molar-refractivity contribution in [1.82, 2.24) is 9.71 Å². The molecular weight excluding hydrogens is 242 g/mol. The van der Waals surface area contributed by atoms with Crippen LogP contribution in [0.4, 0.5) is 5.82 Å². The van der Waals surface area contributed by atoms with Crippen LogP contribution < -0.4 is 10.0 Å². The second kappa shape index (κ2) is 5.95. The first-order valence-corrected chi connectivity index (χ1v) is 6.64. The van der Waals surface area contributed by atoms with Gasteiger partial charge in [0, 0.05) is 33.0 Å². The molecule has 0 aromatic carbocycles. The van der Waals surface area contributed by atoms with Gasteiger partial charge >= 0.3 is 0 Å². The molecule has 0 saturated heterocycles. The molecule has 0 aliphatic heterocycles. The van der Waals surface area contributed by atoms with Gasteiger partial charge in [0.05, 0.1) is 11.0 Å². The van der Waals surface area contributed by atoms with Crippen LogP contribution in [0.3, 0.4) is 0 Å². The highest BCUT2D eigenvalue weighted by Crippen LogP contribution is 2.11. The lowest BCUT2D eigenvalue weighted by Crippen LogP contribution is -2.31. The van der Waals surface area contributed by atoms with Crippen molar-refractivity contribution in [2.24, 2.45) is 0 Å². The Balaban J connectivity index is 2.82. The fraction of sp³-hybridized carbons (Fsp3) is 0.500. The predicted molar refractivity (Wildman–Crippen MR) is 65.4 cm³/mol. The van der Waals surface area contributed by atoms with E-state index in [-0.39, 0.29) is 17.5 Å². The van der Waals surface area contributed by atoms with Gasteiger partial charge in [0.25, 0.3) is 0 Å². The molecule has 1 aromatic heterocycles. The van der Waals surface area contributed by atoms with E-state index in [0.29, 0.717) is 5.82 Å². The van der Waals surface area contributed by atoms with E-state index in [0.717, 1.165) is 0 Å². The Morgan fingerprint density at radius 1 is 1.53 bits per heavy atom. The van der Waals surface area contributed by atoms with Crippen LogP contribution in [0.5, 0.6) is 0 Å². The van der Waals surface area contributed by atoms with Crippen molar-refractivity contribution in [1.29, 1.82) is 0 Å². The number of sulfonamides is 1. The largest absolute Gasteiger partial charge is 0.380 e. The van der Waals surface area contributed by atoms with E-state index in [2.05, 4.69) is 15.0 Å². The third-order valence-electron chi connectivity index (χ3n) is 2.26. The lowest BCUT2D eigenvalue weighted by molar-refractivity contribution is 0.122. The highest BCUT2D eigenvalue weighted by molar-refractivity contribution is 7.89. The third-order valence-corrected chi connectivity index (χ3v) is 3.68. The minimum atomic E-state index is -3.51. The summed E-state index contributed by atoms with van der Waals surface area (Å²) in [7, 11) is -0.296. The van der Waals surface area contributed by atoms with Crippen molar-refractivity contribution in [2.75, 3.05) is 26.0 Å². The number of nitrogens with zero attached hydrogens (tertiary/aromatic N) is 1. The van der Waals surface area contributed by atoms with Gasteiger partial charge < -0.3 is 10.1 Å². The Kier molecular flexibility index (Phi) is 4.86. The summed E-state index contributed by atoms with van der Waals surface area (Å²) >= 11 is 0. The highest BCUT2D eigenvalue weighted by Gasteiger charge is 2.15. The number of rotatable bonds is 6. The standard InChI is InChI=1S/C10H17N3O3S/c1-8(16-3)7-13-17(14,15)9-4-5-12-10(6-9)11-2/h4-6,8,13H,7H2,1-3H3,(H,11,12). The van der Waals surface area contributed by atoms with Crippen molar-refractivity contribution in [3.05, 3.63) is 18.3 Å². The smallest absolute Gasteiger partial charge is 0.240 e. The molecule has 0 saturated carbocycles. The van der Waals surface area contributed by atoms with Gasteiger partial charge in [-0.1, -0.05) is 0 Å². The zero-order valence-corrected chi connectivity index (χ0v) is 10.9. The second-order valence-corrected chi connectivity index (χ2v) is 5.29. The fourth-order valence-electron chi connectivity index (χ4n) is 1.11. The van der Waals surface area contributed by atoms with E-state index in [1.807, 2.05) is 0 Å². The molecule has 0 radical (unpaired) electrons. The van der Waals surface area contributed by atoms with Crippen LogP contribution in [-0.4, -0.2) is 40.2 Å². The molecule has 0 spiro atoms. The first-order valence-electron chi connectivity index (χ1n) is 5.16. The Morgan fingerprint density at radius 3 is 2.82 bits per heavy atom. The Labute approximate surface area is 101 Å². The van der Waals surface area contributed by atoms with E-state index in [1.165, 1.54) is 25.4 Å². The first kappa shape index (κ1) is 13.9. The molecule has 7 heteroatoms. The molecule has 0 aliphatic rings. The van der Waals surface area contributed by atoms with Gasteiger partial charge in [0.15, 0.2) is 0 Å². The first-order chi connectivity index (χ1) is 7.99. The number of aromatic nitrogens is 1. The number of pyridine rings is 1. The lowest BCUT2D eigenvalue weighted by atomic mass is 10.4. The van der Waals surface area contributed by atoms with Crippen molar-refractivity contribution in [3.8, 4) is 0 Å². The molecule has 0 amide bonds. The van der Waals surface area contributed by atoms with Crippen LogP contribution in [0.15, 0.2) is 23.2 Å². The summed E-state index contributed by atoms with van der Waals surface area (Å²) in [4.78, 5) is 4.14. The van der Waals surface area contributed by atoms with E-state index >= 15 is 0 Å². The molecule has 1 rings (SSSR count). The third kappa shape index (κ3) is 3.95. The Morgan fingerprint density at radius 2 is 2.24 bits per heavy atom. The van der Waals surface area contributed by atoms with Crippen LogP contribution in [0.25, 0.3) is 0 Å². The zero-order valence-electron chi connectivity index (χ0n) is 10.1. The van der Waals surface area contributed by atoms with Gasteiger partial charge in [0.2, 0.25) is 10.0 Å². The van der Waals surface area contributed by atoms with Gasteiger partial charge in [-0.05, 0) is 13.0 Å². The van der Waals surface area contributed by atoms with Gasteiger partial charge in [-0.2, -0.15) is 0 Å². The van der Waals surface area contributed by atoms with E-state index in [4.69, 9.17) is 4.74 Å². The minimum absolute atomic E-state index is 0.171. The molecule has 1 aromatic rings. The van der Waals surface area contributed by atoms with E-state index in [9.17, 15) is 8.42 Å². The van der Waals surface area contributed by atoms with Crippen molar-refractivity contribution < 1.29 is 13.2 Å². The van der Waals surface area contributed by atoms with Crippen LogP contribution in [-0.2, 0) is 14.8 Å². The number of hydrogen-bond acceptors (Lipinski definition) is 5. The highest BCUT2D eigenvalue weighted by atomic mass is 32.2. The molecule has 0 fully saturated rings. The molecule has 6 nitrogen and oxygen atoms in total. The number of nitrogens with one attached hydrogen (secondary N) is 2. The number of ether oxygens (including phenoxy) is 1. The maximum Gasteiger partial charge on any atom is 0.240 e. The molecule has 0 bridgehead atoms. The van der Waals surface area contributed by atoms with Crippen molar-refractivity contribution in [2.45, 2.75) is 17.9 Å². The maximum atomic E-state index is 11.9. The average molecular weight is 259 g/mol. The zero-order chi connectivity index (χ0) is 12.9. The molecule has 2 N–H and O–H groups in total. The normalized spacial score (nSPS) is 13.4.